The lowest BCUT2D eigenvalue weighted by Crippen LogP contribution is -2.20. The number of hydrogen-bond acceptors (Lipinski definition) is 3. The van der Waals surface area contributed by atoms with Gasteiger partial charge >= 0.3 is 6.09 Å². The molecule has 0 saturated carbocycles. The van der Waals surface area contributed by atoms with Crippen LogP contribution >= 0.6 is 12.4 Å². The van der Waals surface area contributed by atoms with Crippen LogP contribution in [0.25, 0.3) is 0 Å². The second kappa shape index (κ2) is 6.52. The minimum Gasteiger partial charge on any atom is -0.451 e. The van der Waals surface area contributed by atoms with Crippen molar-refractivity contribution < 1.29 is 14.4 Å². The summed E-state index contributed by atoms with van der Waals surface area (Å²) in [5, 5.41) is 0. The Balaban J connectivity index is 0. The normalized spacial score (nSPS) is 6.75. The number of methoxy groups -OCH3 is 1. The molecule has 0 spiro atoms. The third-order valence-electron chi connectivity index (χ3n) is 0.371. The van der Waals surface area contributed by atoms with Crippen molar-refractivity contribution in [1.82, 2.24) is 5.48 Å². The Kier molecular flexibility index (Phi) is 8.55. The van der Waals surface area contributed by atoms with E-state index in [9.17, 15) is 4.79 Å². The summed E-state index contributed by atoms with van der Waals surface area (Å²) < 4.78 is 4.12. The van der Waals surface area contributed by atoms with Crippen molar-refractivity contribution in [2.24, 2.45) is 0 Å². The maximum Gasteiger partial charge on any atom is 0.431 e. The smallest absolute Gasteiger partial charge is 0.431 e. The molecule has 0 atom stereocenters. The van der Waals surface area contributed by atoms with Crippen LogP contribution in [0.4, 0.5) is 4.79 Å². The van der Waals surface area contributed by atoms with Crippen LogP contribution in [0.15, 0.2) is 0 Å². The van der Waals surface area contributed by atoms with Crippen LogP contribution in [-0.2, 0) is 9.57 Å². The van der Waals surface area contributed by atoms with Crippen molar-refractivity contribution in [1.29, 1.82) is 0 Å². The maximum absolute atomic E-state index is 9.95. The van der Waals surface area contributed by atoms with Crippen molar-refractivity contribution >= 4 is 18.5 Å². The van der Waals surface area contributed by atoms with Crippen LogP contribution in [0.2, 0.25) is 0 Å². The van der Waals surface area contributed by atoms with Gasteiger partial charge in [0.2, 0.25) is 0 Å². The van der Waals surface area contributed by atoms with Crippen LogP contribution in [-0.4, -0.2) is 20.3 Å². The fourth-order valence-corrected chi connectivity index (χ4v) is 0.125. The molecule has 0 fully saturated rings. The Bertz CT molecular complexity index is 67.5. The van der Waals surface area contributed by atoms with Gasteiger partial charge in [0.25, 0.3) is 0 Å². The number of nitrogens with one attached hydrogen (secondary N) is 1. The summed E-state index contributed by atoms with van der Waals surface area (Å²) in [4.78, 5) is 14.1. The molecule has 4 nitrogen and oxygen atoms in total. The van der Waals surface area contributed by atoms with E-state index >= 15 is 0 Å². The van der Waals surface area contributed by atoms with Gasteiger partial charge < -0.3 is 4.74 Å². The standard InChI is InChI=1S/C3H7NO3.ClH/c1-6-3(5)4-7-2;/h1-2H3,(H,4,5);1H. The van der Waals surface area contributed by atoms with Gasteiger partial charge in [-0.25, -0.2) is 4.79 Å². The van der Waals surface area contributed by atoms with Crippen LogP contribution in [0.5, 0.6) is 0 Å². The highest BCUT2D eigenvalue weighted by molar-refractivity contribution is 5.85. The molecule has 1 N–H and O–H groups in total. The molecule has 0 bridgehead atoms. The number of ether oxygens (including phenoxy) is 1. The highest BCUT2D eigenvalue weighted by atomic mass is 35.5. The topological polar surface area (TPSA) is 47.6 Å². The quantitative estimate of drug-likeness (QED) is 0.536. The van der Waals surface area contributed by atoms with Crippen molar-refractivity contribution in [3.63, 3.8) is 0 Å². The minimum atomic E-state index is -0.595. The SMILES string of the molecule is CONC(=O)OC.Cl. The fraction of sp³-hybridized carbons (Fsp3) is 0.667. The Morgan fingerprint density at radius 2 is 2.00 bits per heavy atom. The summed E-state index contributed by atoms with van der Waals surface area (Å²) >= 11 is 0. The Labute approximate surface area is 53.5 Å². The van der Waals surface area contributed by atoms with Crippen molar-refractivity contribution in [2.45, 2.75) is 0 Å². The second-order valence-electron chi connectivity index (χ2n) is 0.798. The Hall–Kier alpha value is -0.480. The summed E-state index contributed by atoms with van der Waals surface area (Å²) in [5.74, 6) is 0. The third-order valence-corrected chi connectivity index (χ3v) is 0.371. The Morgan fingerprint density at radius 1 is 1.50 bits per heavy atom. The third kappa shape index (κ3) is 5.52. The van der Waals surface area contributed by atoms with Crippen molar-refractivity contribution in [3.05, 3.63) is 0 Å². The highest BCUT2D eigenvalue weighted by Gasteiger charge is 1.90. The van der Waals surface area contributed by atoms with Crippen LogP contribution in [0.1, 0.15) is 0 Å². The van der Waals surface area contributed by atoms with E-state index < -0.39 is 6.09 Å². The zero-order valence-corrected chi connectivity index (χ0v) is 5.45. The van der Waals surface area contributed by atoms with Gasteiger partial charge in [0.05, 0.1) is 14.2 Å². The molecule has 0 aromatic heterocycles. The van der Waals surface area contributed by atoms with Crippen LogP contribution in [0.3, 0.4) is 0 Å². The largest absolute Gasteiger partial charge is 0.451 e. The van der Waals surface area contributed by atoms with E-state index in [0.717, 1.165) is 0 Å². The average molecular weight is 142 g/mol. The summed E-state index contributed by atoms with van der Waals surface area (Å²) in [7, 11) is 2.59. The first kappa shape index (κ1) is 10.5. The summed E-state index contributed by atoms with van der Waals surface area (Å²) in [6.07, 6.45) is -0.595. The minimum absolute atomic E-state index is 0. The first-order chi connectivity index (χ1) is 3.31. The number of carbonyl (C=O) groups excluding carboxylic acids is 1. The molecule has 5 heteroatoms. The van der Waals surface area contributed by atoms with E-state index in [-0.39, 0.29) is 12.4 Å². The summed E-state index contributed by atoms with van der Waals surface area (Å²) in [6.45, 7) is 0. The molecule has 0 aliphatic carbocycles. The monoisotopic (exact) mass is 141 g/mol. The van der Waals surface area contributed by atoms with Gasteiger partial charge in [0.1, 0.15) is 0 Å². The van der Waals surface area contributed by atoms with Gasteiger partial charge in [-0.05, 0) is 0 Å². The fourth-order valence-electron chi connectivity index (χ4n) is 0.125. The van der Waals surface area contributed by atoms with Gasteiger partial charge in [-0.2, -0.15) is 5.48 Å². The molecular formula is C3H8ClNO3. The molecule has 0 rings (SSSR count). The molecule has 1 amide bonds. The number of hydroxylamine groups is 1. The molecular weight excluding hydrogens is 133 g/mol. The number of hydrogen-bond donors (Lipinski definition) is 1. The van der Waals surface area contributed by atoms with E-state index in [0.29, 0.717) is 0 Å². The van der Waals surface area contributed by atoms with E-state index in [2.05, 4.69) is 9.57 Å². The summed E-state index contributed by atoms with van der Waals surface area (Å²) in [6, 6.07) is 0. The van der Waals surface area contributed by atoms with E-state index in [1.54, 1.807) is 0 Å². The molecule has 50 valence electrons. The average Bonchev–Trinajstić information content (AvgIpc) is 1.68. The number of carbonyl (C=O) groups is 1. The number of rotatable bonds is 1. The number of halogens is 1. The first-order valence-corrected chi connectivity index (χ1v) is 1.68. The van der Waals surface area contributed by atoms with Gasteiger partial charge in [0.15, 0.2) is 0 Å². The van der Waals surface area contributed by atoms with E-state index in [4.69, 9.17) is 0 Å². The Morgan fingerprint density at radius 3 is 2.12 bits per heavy atom. The lowest BCUT2D eigenvalue weighted by atomic mass is 11.2. The molecule has 0 unspecified atom stereocenters. The number of amides is 1. The predicted molar refractivity (Wildman–Crippen MR) is 29.8 cm³/mol. The first-order valence-electron chi connectivity index (χ1n) is 1.68. The molecule has 0 aromatic rings. The van der Waals surface area contributed by atoms with Crippen LogP contribution < -0.4 is 5.48 Å². The van der Waals surface area contributed by atoms with Gasteiger partial charge in [0, 0.05) is 0 Å². The lowest BCUT2D eigenvalue weighted by Gasteiger charge is -1.95. The predicted octanol–water partition coefficient (Wildman–Crippen LogP) is 0.326. The second-order valence-corrected chi connectivity index (χ2v) is 0.798. The molecule has 0 heterocycles. The van der Waals surface area contributed by atoms with Gasteiger partial charge in [-0.1, -0.05) is 0 Å². The lowest BCUT2D eigenvalue weighted by molar-refractivity contribution is 0.0697. The molecule has 0 aliphatic rings. The maximum atomic E-state index is 9.95. The van der Waals surface area contributed by atoms with Gasteiger partial charge in [-0.3, -0.25) is 4.84 Å². The molecule has 0 aromatic carbocycles. The van der Waals surface area contributed by atoms with Gasteiger partial charge in [-0.15, -0.1) is 12.4 Å². The van der Waals surface area contributed by atoms with Crippen molar-refractivity contribution in [3.8, 4) is 0 Å². The van der Waals surface area contributed by atoms with Crippen molar-refractivity contribution in [2.75, 3.05) is 14.2 Å². The van der Waals surface area contributed by atoms with E-state index in [1.165, 1.54) is 14.2 Å². The molecule has 0 aliphatic heterocycles. The van der Waals surface area contributed by atoms with Crippen LogP contribution in [0, 0.1) is 0 Å². The summed E-state index contributed by atoms with van der Waals surface area (Å²) in [5.41, 5.74) is 1.93. The molecule has 8 heavy (non-hydrogen) atoms. The molecule has 0 radical (unpaired) electrons. The zero-order valence-electron chi connectivity index (χ0n) is 4.63. The highest BCUT2D eigenvalue weighted by Crippen LogP contribution is 1.66. The zero-order chi connectivity index (χ0) is 5.70. The van der Waals surface area contributed by atoms with E-state index in [1.807, 2.05) is 5.48 Å². The molecule has 0 saturated heterocycles.